The third-order valence-corrected chi connectivity index (χ3v) is 2.21. The molecule has 0 atom stereocenters. The first-order valence-corrected chi connectivity index (χ1v) is 4.88. The van der Waals surface area contributed by atoms with Crippen molar-refractivity contribution in [2.24, 2.45) is 0 Å². The molecule has 0 saturated heterocycles. The first kappa shape index (κ1) is 9.21. The number of hydrogen-bond donors (Lipinski definition) is 0. The largest absolute Gasteiger partial charge is 0.295 e. The van der Waals surface area contributed by atoms with Crippen LogP contribution in [0.2, 0.25) is 0 Å². The van der Waals surface area contributed by atoms with Crippen molar-refractivity contribution in [3.05, 3.63) is 51.6 Å². The number of nitrogens with zero attached hydrogens (tertiary/aromatic N) is 3. The smallest absolute Gasteiger partial charge is 0.252 e. The van der Waals surface area contributed by atoms with Crippen molar-refractivity contribution in [2.45, 2.75) is 6.67 Å². The van der Waals surface area contributed by atoms with Gasteiger partial charge < -0.3 is 0 Å². The van der Waals surface area contributed by atoms with E-state index in [0.29, 0.717) is 6.67 Å². The minimum Gasteiger partial charge on any atom is -0.295 e. The molecule has 5 heteroatoms. The van der Waals surface area contributed by atoms with Gasteiger partial charge in [0.2, 0.25) is 0 Å². The Labute approximate surface area is 88.9 Å². The second-order valence-electron chi connectivity index (χ2n) is 2.85. The Kier molecular flexibility index (Phi) is 2.49. The van der Waals surface area contributed by atoms with Gasteiger partial charge in [-0.15, -0.1) is 0 Å². The molecule has 0 unspecified atom stereocenters. The van der Waals surface area contributed by atoms with Gasteiger partial charge in [-0.25, -0.2) is 0 Å². The van der Waals surface area contributed by atoms with Crippen molar-refractivity contribution in [2.75, 3.05) is 0 Å². The summed E-state index contributed by atoms with van der Waals surface area (Å²) >= 11 is 3.29. The van der Waals surface area contributed by atoms with Gasteiger partial charge in [-0.2, -0.15) is 5.10 Å². The van der Waals surface area contributed by atoms with E-state index in [2.05, 4.69) is 21.0 Å². The predicted octanol–water partition coefficient (Wildman–Crippen LogP) is 1.31. The molecule has 2 aromatic rings. The van der Waals surface area contributed by atoms with E-state index < -0.39 is 0 Å². The zero-order valence-electron chi connectivity index (χ0n) is 7.30. The monoisotopic (exact) mass is 253 g/mol. The molecule has 0 fully saturated rings. The number of aromatic nitrogens is 3. The predicted molar refractivity (Wildman–Crippen MR) is 56.0 cm³/mol. The summed E-state index contributed by atoms with van der Waals surface area (Å²) < 4.78 is 4.17. The molecule has 0 radical (unpaired) electrons. The van der Waals surface area contributed by atoms with Crippen LogP contribution in [0.1, 0.15) is 0 Å². The summed E-state index contributed by atoms with van der Waals surface area (Å²) in [4.78, 5) is 11.3. The van der Waals surface area contributed by atoms with E-state index in [0.717, 1.165) is 4.47 Å². The average molecular weight is 254 g/mol. The maximum atomic E-state index is 11.3. The van der Waals surface area contributed by atoms with Crippen LogP contribution < -0.4 is 5.56 Å². The Hall–Kier alpha value is -1.36. The molecular weight excluding hydrogens is 246 g/mol. The molecule has 0 aliphatic heterocycles. The van der Waals surface area contributed by atoms with Crippen LogP contribution in [0.4, 0.5) is 0 Å². The van der Waals surface area contributed by atoms with Crippen LogP contribution in [0.3, 0.4) is 0 Å². The minimum absolute atomic E-state index is 0.0286. The van der Waals surface area contributed by atoms with Gasteiger partial charge >= 0.3 is 0 Å². The first-order chi connectivity index (χ1) is 6.75. The van der Waals surface area contributed by atoms with Crippen LogP contribution in [0.5, 0.6) is 0 Å². The van der Waals surface area contributed by atoms with Crippen LogP contribution >= 0.6 is 15.9 Å². The Morgan fingerprint density at radius 3 is 2.93 bits per heavy atom. The maximum absolute atomic E-state index is 11.3. The van der Waals surface area contributed by atoms with Crippen LogP contribution in [0, 0.1) is 0 Å². The summed E-state index contributed by atoms with van der Waals surface area (Å²) in [6.07, 6.45) is 5.24. The number of rotatable bonds is 2. The van der Waals surface area contributed by atoms with Crippen LogP contribution in [-0.2, 0) is 6.67 Å². The van der Waals surface area contributed by atoms with Gasteiger partial charge in [0.25, 0.3) is 5.56 Å². The van der Waals surface area contributed by atoms with Crippen LogP contribution in [0.15, 0.2) is 46.1 Å². The molecule has 72 valence electrons. The maximum Gasteiger partial charge on any atom is 0.252 e. The van der Waals surface area contributed by atoms with Gasteiger partial charge in [-0.05, 0) is 22.0 Å². The summed E-state index contributed by atoms with van der Waals surface area (Å²) in [5.41, 5.74) is -0.0286. The highest BCUT2D eigenvalue weighted by atomic mass is 79.9. The summed E-state index contributed by atoms with van der Waals surface area (Å²) in [6, 6.07) is 5.07. The molecule has 2 rings (SSSR count). The highest BCUT2D eigenvalue weighted by molar-refractivity contribution is 9.10. The number of hydrogen-bond acceptors (Lipinski definition) is 2. The molecule has 0 aliphatic carbocycles. The highest BCUT2D eigenvalue weighted by Gasteiger charge is 1.96. The van der Waals surface area contributed by atoms with E-state index in [1.54, 1.807) is 27.7 Å². The van der Waals surface area contributed by atoms with E-state index in [9.17, 15) is 4.79 Å². The van der Waals surface area contributed by atoms with E-state index >= 15 is 0 Å². The lowest BCUT2D eigenvalue weighted by Crippen LogP contribution is -2.21. The fourth-order valence-electron chi connectivity index (χ4n) is 1.15. The molecule has 4 nitrogen and oxygen atoms in total. The molecule has 0 aromatic carbocycles. The van der Waals surface area contributed by atoms with Gasteiger partial charge in [-0.1, -0.05) is 6.07 Å². The molecule has 14 heavy (non-hydrogen) atoms. The SMILES string of the molecule is O=c1ccccn1Cn1cc(Br)cn1. The Bertz CT molecular complexity index is 489. The molecule has 0 saturated carbocycles. The van der Waals surface area contributed by atoms with Gasteiger partial charge in [-0.3, -0.25) is 14.0 Å². The average Bonchev–Trinajstić information content (AvgIpc) is 2.56. The lowest BCUT2D eigenvalue weighted by molar-refractivity contribution is 0.534. The molecule has 0 spiro atoms. The van der Waals surface area contributed by atoms with E-state index in [1.165, 1.54) is 6.07 Å². The zero-order valence-corrected chi connectivity index (χ0v) is 8.89. The standard InChI is InChI=1S/C9H8BrN3O/c10-8-5-11-13(6-8)7-12-4-2-1-3-9(12)14/h1-6H,7H2. The van der Waals surface area contributed by atoms with Gasteiger partial charge in [0.05, 0.1) is 10.7 Å². The Morgan fingerprint density at radius 2 is 2.29 bits per heavy atom. The van der Waals surface area contributed by atoms with E-state index in [1.807, 2.05) is 12.3 Å². The van der Waals surface area contributed by atoms with Crippen molar-refractivity contribution in [3.63, 3.8) is 0 Å². The van der Waals surface area contributed by atoms with Crippen molar-refractivity contribution < 1.29 is 0 Å². The fourth-order valence-corrected chi connectivity index (χ4v) is 1.48. The third kappa shape index (κ3) is 1.93. The highest BCUT2D eigenvalue weighted by Crippen LogP contribution is 2.05. The van der Waals surface area contributed by atoms with Crippen molar-refractivity contribution in [1.82, 2.24) is 14.3 Å². The Morgan fingerprint density at radius 1 is 1.43 bits per heavy atom. The summed E-state index contributed by atoms with van der Waals surface area (Å²) in [5, 5.41) is 4.06. The Balaban J connectivity index is 2.27. The summed E-state index contributed by atoms with van der Waals surface area (Å²) in [7, 11) is 0. The van der Waals surface area contributed by atoms with Crippen molar-refractivity contribution in [3.8, 4) is 0 Å². The zero-order chi connectivity index (χ0) is 9.97. The summed E-state index contributed by atoms with van der Waals surface area (Å²) in [5.74, 6) is 0. The van der Waals surface area contributed by atoms with Gasteiger partial charge in [0, 0.05) is 18.5 Å². The third-order valence-electron chi connectivity index (χ3n) is 1.80. The van der Waals surface area contributed by atoms with Gasteiger partial charge in [0.1, 0.15) is 6.67 Å². The molecule has 2 heterocycles. The molecule has 2 aromatic heterocycles. The molecule has 0 bridgehead atoms. The quantitative estimate of drug-likeness (QED) is 0.810. The fraction of sp³-hybridized carbons (Fsp3) is 0.111. The second-order valence-corrected chi connectivity index (χ2v) is 3.76. The number of halogens is 1. The van der Waals surface area contributed by atoms with Crippen LogP contribution in [-0.4, -0.2) is 14.3 Å². The molecule has 0 amide bonds. The molecule has 0 aliphatic rings. The van der Waals surface area contributed by atoms with Crippen LogP contribution in [0.25, 0.3) is 0 Å². The van der Waals surface area contributed by atoms with E-state index in [4.69, 9.17) is 0 Å². The minimum atomic E-state index is -0.0286. The first-order valence-electron chi connectivity index (χ1n) is 4.09. The lowest BCUT2D eigenvalue weighted by Gasteiger charge is -2.03. The van der Waals surface area contributed by atoms with Crippen molar-refractivity contribution >= 4 is 15.9 Å². The van der Waals surface area contributed by atoms with Crippen molar-refractivity contribution in [1.29, 1.82) is 0 Å². The topological polar surface area (TPSA) is 39.8 Å². The normalized spacial score (nSPS) is 10.4. The number of pyridine rings is 1. The molecule has 0 N–H and O–H groups in total. The summed E-state index contributed by atoms with van der Waals surface area (Å²) in [6.45, 7) is 0.436. The molecular formula is C9H8BrN3O. The van der Waals surface area contributed by atoms with E-state index in [-0.39, 0.29) is 5.56 Å². The van der Waals surface area contributed by atoms with Gasteiger partial charge in [0.15, 0.2) is 0 Å². The lowest BCUT2D eigenvalue weighted by atomic mass is 10.5. The second kappa shape index (κ2) is 3.79.